The van der Waals surface area contributed by atoms with Crippen molar-refractivity contribution in [1.29, 1.82) is 0 Å². The maximum absolute atomic E-state index is 11.9. The molecule has 0 spiro atoms. The van der Waals surface area contributed by atoms with Gasteiger partial charge in [-0.25, -0.2) is 0 Å². The Morgan fingerprint density at radius 3 is 2.50 bits per heavy atom. The van der Waals surface area contributed by atoms with Crippen molar-refractivity contribution in [2.45, 2.75) is 33.3 Å². The van der Waals surface area contributed by atoms with Gasteiger partial charge in [0.2, 0.25) is 0 Å². The van der Waals surface area contributed by atoms with Gasteiger partial charge >= 0.3 is 5.97 Å². The van der Waals surface area contributed by atoms with Crippen molar-refractivity contribution < 1.29 is 13.7 Å². The van der Waals surface area contributed by atoms with Gasteiger partial charge in [0.25, 0.3) is 0 Å². The molecule has 0 unspecified atom stereocenters. The van der Waals surface area contributed by atoms with Crippen molar-refractivity contribution in [2.24, 2.45) is 5.92 Å². The number of benzene rings is 2. The zero-order valence-electron chi connectivity index (χ0n) is 12.8. The molecule has 0 fully saturated rings. The van der Waals surface area contributed by atoms with Crippen molar-refractivity contribution in [2.75, 3.05) is 0 Å². The summed E-state index contributed by atoms with van der Waals surface area (Å²) in [5.74, 6) is 0.560. The number of esters is 1. The Morgan fingerprint density at radius 1 is 1.14 bits per heavy atom. The number of rotatable bonds is 6. The minimum Gasteiger partial charge on any atom is -0.463 e. The highest BCUT2D eigenvalue weighted by atomic mass is 127. The van der Waals surface area contributed by atoms with Crippen molar-refractivity contribution in [3.8, 4) is 5.75 Å². The molecule has 2 rings (SSSR count). The summed E-state index contributed by atoms with van der Waals surface area (Å²) in [6.45, 7) is 5.65. The lowest BCUT2D eigenvalue weighted by Crippen LogP contribution is -2.20. The van der Waals surface area contributed by atoms with Crippen LogP contribution in [-0.4, -0.2) is 12.1 Å². The van der Waals surface area contributed by atoms with Gasteiger partial charge in [-0.3, -0.25) is 4.79 Å². The van der Waals surface area contributed by atoms with Crippen molar-refractivity contribution in [1.82, 2.24) is 0 Å². The molecule has 0 N–H and O–H groups in total. The molecule has 2 aromatic carbocycles. The van der Waals surface area contributed by atoms with Crippen LogP contribution in [0.5, 0.6) is 5.75 Å². The van der Waals surface area contributed by atoms with Gasteiger partial charge in [0, 0.05) is 21.2 Å². The van der Waals surface area contributed by atoms with E-state index >= 15 is 0 Å². The fraction of sp³-hybridized carbons (Fsp3) is 0.353. The lowest BCUT2D eigenvalue weighted by Gasteiger charge is -2.14. The second-order valence-electron chi connectivity index (χ2n) is 5.58. The normalized spacial score (nSPS) is 12.4. The monoisotopic (exact) mass is 430 g/mol. The smallest absolute Gasteiger partial charge is 0.309 e. The molecule has 3 nitrogen and oxygen atoms in total. The molecule has 2 aromatic rings. The van der Waals surface area contributed by atoms with Crippen LogP contribution in [0.2, 0.25) is 0 Å². The number of carbonyl (C=O) groups is 1. The van der Waals surface area contributed by atoms with E-state index in [1.807, 2.05) is 39.0 Å². The third-order valence-electron chi connectivity index (χ3n) is 3.30. The molecule has 0 heterocycles. The summed E-state index contributed by atoms with van der Waals surface area (Å²) in [5.41, 5.74) is 1.14. The van der Waals surface area contributed by atoms with Gasteiger partial charge < -0.3 is 8.92 Å². The molecule has 5 heteroatoms. The molecule has 0 radical (unpaired) electrons. The van der Waals surface area contributed by atoms with Crippen LogP contribution >= 0.6 is 30.4 Å². The van der Waals surface area contributed by atoms with Crippen LogP contribution in [0.25, 0.3) is 10.8 Å². The molecule has 0 aromatic heterocycles. The Balaban J connectivity index is 2.12. The molecular formula is C17H19IO3S. The third kappa shape index (κ3) is 4.78. The fourth-order valence-electron chi connectivity index (χ4n) is 2.27. The maximum Gasteiger partial charge on any atom is 0.309 e. The van der Waals surface area contributed by atoms with Gasteiger partial charge in [0.15, 0.2) is 0 Å². The van der Waals surface area contributed by atoms with Crippen LogP contribution in [0.3, 0.4) is 0 Å². The first kappa shape index (κ1) is 17.4. The molecule has 0 saturated carbocycles. The molecule has 0 amide bonds. The zero-order valence-corrected chi connectivity index (χ0v) is 15.8. The first-order chi connectivity index (χ1) is 10.5. The van der Waals surface area contributed by atoms with Crippen LogP contribution in [0.4, 0.5) is 0 Å². The highest BCUT2D eigenvalue weighted by molar-refractivity contribution is 14.2. The SMILES string of the molecule is CC(C)OC(=O)[C@H](C)Cc1ccc2cc(OSI)ccc2c1. The zero-order chi connectivity index (χ0) is 16.1. The minimum absolute atomic E-state index is 0.0688. The number of hydrogen-bond donors (Lipinski definition) is 0. The third-order valence-corrected chi connectivity index (χ3v) is 4.09. The average molecular weight is 430 g/mol. The fourth-order valence-corrected chi connectivity index (χ4v) is 3.07. The first-order valence-electron chi connectivity index (χ1n) is 7.18. The summed E-state index contributed by atoms with van der Waals surface area (Å²) in [5, 5.41) is 2.27. The van der Waals surface area contributed by atoms with Crippen LogP contribution in [0.15, 0.2) is 36.4 Å². The quantitative estimate of drug-likeness (QED) is 0.352. The molecule has 0 aliphatic rings. The average Bonchev–Trinajstić information content (AvgIpc) is 2.47. The van der Waals surface area contributed by atoms with Gasteiger partial charge in [-0.1, -0.05) is 31.2 Å². The summed E-state index contributed by atoms with van der Waals surface area (Å²) in [4.78, 5) is 11.9. The van der Waals surface area contributed by atoms with Crippen molar-refractivity contribution in [3.05, 3.63) is 42.0 Å². The molecule has 22 heavy (non-hydrogen) atoms. The van der Waals surface area contributed by atoms with Gasteiger partial charge in [0.1, 0.15) is 15.0 Å². The first-order valence-corrected chi connectivity index (χ1v) is 10.5. The van der Waals surface area contributed by atoms with Crippen LogP contribution in [-0.2, 0) is 16.0 Å². The Bertz CT molecular complexity index is 657. The number of halogens is 1. The van der Waals surface area contributed by atoms with E-state index in [1.54, 1.807) is 0 Å². The topological polar surface area (TPSA) is 35.5 Å². The number of hydrogen-bond acceptors (Lipinski definition) is 4. The van der Waals surface area contributed by atoms with Gasteiger partial charge in [0.05, 0.1) is 12.0 Å². The predicted molar refractivity (Wildman–Crippen MR) is 100 cm³/mol. The van der Waals surface area contributed by atoms with E-state index in [-0.39, 0.29) is 18.0 Å². The van der Waals surface area contributed by atoms with E-state index in [0.717, 1.165) is 22.1 Å². The highest BCUT2D eigenvalue weighted by Crippen LogP contribution is 2.26. The Kier molecular flexibility index (Phi) is 6.37. The van der Waals surface area contributed by atoms with Crippen LogP contribution in [0.1, 0.15) is 26.3 Å². The number of fused-ring (bicyclic) bond motifs is 1. The van der Waals surface area contributed by atoms with E-state index in [1.165, 1.54) is 9.21 Å². The van der Waals surface area contributed by atoms with E-state index < -0.39 is 0 Å². The molecule has 1 atom stereocenters. The maximum atomic E-state index is 11.9. The van der Waals surface area contributed by atoms with Gasteiger partial charge in [-0.05, 0) is 48.7 Å². The Morgan fingerprint density at radius 2 is 1.82 bits per heavy atom. The number of ether oxygens (including phenoxy) is 1. The Hall–Kier alpha value is -0.950. The summed E-state index contributed by atoms with van der Waals surface area (Å²) >= 11 is 2.10. The van der Waals surface area contributed by atoms with E-state index in [9.17, 15) is 4.79 Å². The molecule has 0 aliphatic carbocycles. The van der Waals surface area contributed by atoms with Crippen molar-refractivity contribution >= 4 is 47.2 Å². The Labute approximate surface area is 147 Å². The van der Waals surface area contributed by atoms with Crippen LogP contribution in [0, 0.1) is 5.92 Å². The molecule has 0 saturated heterocycles. The summed E-state index contributed by atoms with van der Waals surface area (Å²) in [7, 11) is 1.30. The van der Waals surface area contributed by atoms with Gasteiger partial charge in [-0.15, -0.1) is 0 Å². The number of carbonyl (C=O) groups excluding carboxylic acids is 1. The predicted octanol–water partition coefficient (Wildman–Crippen LogP) is 5.35. The highest BCUT2D eigenvalue weighted by Gasteiger charge is 2.16. The minimum atomic E-state index is -0.141. The summed E-state index contributed by atoms with van der Waals surface area (Å²) in [6, 6.07) is 12.3. The lowest BCUT2D eigenvalue weighted by atomic mass is 9.98. The molecular weight excluding hydrogens is 411 g/mol. The summed E-state index contributed by atoms with van der Waals surface area (Å²) in [6.07, 6.45) is 0.615. The van der Waals surface area contributed by atoms with E-state index in [2.05, 4.69) is 39.4 Å². The molecule has 0 bridgehead atoms. The van der Waals surface area contributed by atoms with E-state index in [0.29, 0.717) is 6.42 Å². The second-order valence-corrected chi connectivity index (χ2v) is 6.95. The second kappa shape index (κ2) is 8.06. The summed E-state index contributed by atoms with van der Waals surface area (Å²) < 4.78 is 10.7. The lowest BCUT2D eigenvalue weighted by molar-refractivity contribution is -0.151. The molecule has 118 valence electrons. The largest absolute Gasteiger partial charge is 0.463 e. The van der Waals surface area contributed by atoms with E-state index in [4.69, 9.17) is 8.92 Å². The van der Waals surface area contributed by atoms with Crippen LogP contribution < -0.4 is 4.18 Å². The molecule has 0 aliphatic heterocycles. The van der Waals surface area contributed by atoms with Gasteiger partial charge in [-0.2, -0.15) is 0 Å². The van der Waals surface area contributed by atoms with Crippen molar-refractivity contribution in [3.63, 3.8) is 0 Å². The standard InChI is InChI=1S/C17H19IO3S/c1-11(2)20-17(19)12(3)8-13-4-5-15-10-16(21-22-18)7-6-14(15)9-13/h4-7,9-12H,8H2,1-3H3/t12-/m1/s1.